The van der Waals surface area contributed by atoms with E-state index in [4.69, 9.17) is 16.3 Å². The molecular weight excluding hydrogens is 345 g/mol. The van der Waals surface area contributed by atoms with Crippen molar-refractivity contribution in [2.75, 3.05) is 13.2 Å². The fourth-order valence-corrected chi connectivity index (χ4v) is 1.99. The highest BCUT2D eigenvalue weighted by molar-refractivity contribution is 6.30. The first-order valence-corrected chi connectivity index (χ1v) is 7.51. The molecular formula is C16H16ClF3N2O2. The Morgan fingerprint density at radius 2 is 1.88 bits per heavy atom. The minimum Gasteiger partial charge on any atom is -0.475 e. The molecule has 1 heterocycles. The number of ether oxygens (including phenoxy) is 1. The number of nitrogens with one attached hydrogen (secondary N) is 1. The Bertz CT molecular complexity index is 633. The number of nitrogens with zero attached hydrogens (tertiary/aromatic N) is 1. The average Bonchev–Trinajstić information content (AvgIpc) is 2.54. The molecule has 1 unspecified atom stereocenters. The van der Waals surface area contributed by atoms with Crippen LogP contribution >= 0.6 is 11.6 Å². The summed E-state index contributed by atoms with van der Waals surface area (Å²) in [7, 11) is 0. The van der Waals surface area contributed by atoms with Gasteiger partial charge in [-0.1, -0.05) is 23.7 Å². The molecule has 0 saturated heterocycles. The largest absolute Gasteiger partial charge is 0.475 e. The molecule has 0 bridgehead atoms. The Hall–Kier alpha value is -1.83. The fraction of sp³-hybridized carbons (Fsp3) is 0.312. The predicted octanol–water partition coefficient (Wildman–Crippen LogP) is 3.28. The molecule has 0 aliphatic rings. The summed E-state index contributed by atoms with van der Waals surface area (Å²) in [4.78, 5) is 3.57. The fourth-order valence-electron chi connectivity index (χ4n) is 1.86. The van der Waals surface area contributed by atoms with Gasteiger partial charge in [0.2, 0.25) is 5.88 Å². The summed E-state index contributed by atoms with van der Waals surface area (Å²) in [6.07, 6.45) is -4.56. The molecule has 0 amide bonds. The van der Waals surface area contributed by atoms with Gasteiger partial charge in [0.1, 0.15) is 12.7 Å². The molecule has 4 nitrogen and oxygen atoms in total. The van der Waals surface area contributed by atoms with Gasteiger partial charge in [-0.25, -0.2) is 4.98 Å². The molecule has 0 spiro atoms. The smallest absolute Gasteiger partial charge is 0.417 e. The monoisotopic (exact) mass is 360 g/mol. The van der Waals surface area contributed by atoms with Gasteiger partial charge in [-0.3, -0.25) is 0 Å². The lowest BCUT2D eigenvalue weighted by Gasteiger charge is -2.13. The SMILES string of the molecule is OC(CNCc1ccc(Cl)cc1)COc1ccc(C(F)(F)F)cn1. The van der Waals surface area contributed by atoms with Crippen molar-refractivity contribution in [3.05, 3.63) is 58.7 Å². The number of alkyl halides is 3. The lowest BCUT2D eigenvalue weighted by atomic mass is 10.2. The second kappa shape index (κ2) is 8.32. The zero-order chi connectivity index (χ0) is 17.6. The van der Waals surface area contributed by atoms with E-state index in [1.165, 1.54) is 0 Å². The van der Waals surface area contributed by atoms with Crippen LogP contribution in [0.1, 0.15) is 11.1 Å². The van der Waals surface area contributed by atoms with Crippen molar-refractivity contribution in [3.63, 3.8) is 0 Å². The van der Waals surface area contributed by atoms with E-state index in [9.17, 15) is 18.3 Å². The van der Waals surface area contributed by atoms with Gasteiger partial charge in [0.05, 0.1) is 5.56 Å². The molecule has 2 N–H and O–H groups in total. The van der Waals surface area contributed by atoms with Crippen LogP contribution in [0, 0.1) is 0 Å². The molecule has 0 aliphatic carbocycles. The maximum atomic E-state index is 12.4. The van der Waals surface area contributed by atoms with Gasteiger partial charge in [0.15, 0.2) is 0 Å². The summed E-state index contributed by atoms with van der Waals surface area (Å²) in [5.41, 5.74) is 0.164. The second-order valence-corrected chi connectivity index (χ2v) is 5.54. The van der Waals surface area contributed by atoms with Crippen LogP contribution in [0.2, 0.25) is 5.02 Å². The summed E-state index contributed by atoms with van der Waals surface area (Å²) in [6.45, 7) is 0.738. The lowest BCUT2D eigenvalue weighted by molar-refractivity contribution is -0.137. The van der Waals surface area contributed by atoms with Gasteiger partial charge in [-0.15, -0.1) is 0 Å². The topological polar surface area (TPSA) is 54.4 Å². The van der Waals surface area contributed by atoms with E-state index in [0.29, 0.717) is 17.8 Å². The Labute approximate surface area is 142 Å². The standard InChI is InChI=1S/C16H16ClF3N2O2/c17-13-4-1-11(2-5-13)7-21-9-14(23)10-24-15-6-3-12(8-22-15)16(18,19)20/h1-6,8,14,21,23H,7,9-10H2. The van der Waals surface area contributed by atoms with Gasteiger partial charge < -0.3 is 15.2 Å². The number of rotatable bonds is 7. The van der Waals surface area contributed by atoms with Gasteiger partial charge in [0.25, 0.3) is 0 Å². The molecule has 0 saturated carbocycles. The summed E-state index contributed by atoms with van der Waals surface area (Å²) >= 11 is 5.79. The molecule has 2 aromatic rings. The van der Waals surface area contributed by atoms with Gasteiger partial charge >= 0.3 is 6.18 Å². The summed E-state index contributed by atoms with van der Waals surface area (Å²) in [6, 6.07) is 9.28. The quantitative estimate of drug-likeness (QED) is 0.795. The third kappa shape index (κ3) is 5.99. The molecule has 0 aliphatic heterocycles. The van der Waals surface area contributed by atoms with Crippen LogP contribution in [0.3, 0.4) is 0 Å². The van der Waals surface area contributed by atoms with Crippen LogP contribution in [0.5, 0.6) is 5.88 Å². The van der Waals surface area contributed by atoms with Crippen molar-refractivity contribution in [1.29, 1.82) is 0 Å². The third-order valence-electron chi connectivity index (χ3n) is 3.11. The Balaban J connectivity index is 1.71. The van der Waals surface area contributed by atoms with E-state index in [-0.39, 0.29) is 19.0 Å². The molecule has 1 aromatic carbocycles. The Kier molecular flexibility index (Phi) is 6.42. The number of hydrogen-bond donors (Lipinski definition) is 2. The highest BCUT2D eigenvalue weighted by Crippen LogP contribution is 2.29. The number of aliphatic hydroxyl groups is 1. The van der Waals surface area contributed by atoms with Crippen LogP contribution in [-0.4, -0.2) is 29.3 Å². The van der Waals surface area contributed by atoms with E-state index < -0.39 is 17.8 Å². The highest BCUT2D eigenvalue weighted by atomic mass is 35.5. The molecule has 8 heteroatoms. The number of aliphatic hydroxyl groups excluding tert-OH is 1. The average molecular weight is 361 g/mol. The first-order valence-electron chi connectivity index (χ1n) is 7.14. The molecule has 1 aromatic heterocycles. The van der Waals surface area contributed by atoms with Gasteiger partial charge in [0, 0.05) is 30.4 Å². The maximum absolute atomic E-state index is 12.4. The lowest BCUT2D eigenvalue weighted by Crippen LogP contribution is -2.31. The van der Waals surface area contributed by atoms with Gasteiger partial charge in [-0.2, -0.15) is 13.2 Å². The van der Waals surface area contributed by atoms with Crippen LogP contribution in [0.15, 0.2) is 42.6 Å². The van der Waals surface area contributed by atoms with E-state index in [0.717, 1.165) is 17.7 Å². The van der Waals surface area contributed by atoms with Crippen molar-refractivity contribution >= 4 is 11.6 Å². The van der Waals surface area contributed by atoms with E-state index >= 15 is 0 Å². The van der Waals surface area contributed by atoms with Gasteiger partial charge in [-0.05, 0) is 23.8 Å². The first kappa shape index (κ1) is 18.5. The number of halogens is 4. The predicted molar refractivity (Wildman–Crippen MR) is 83.9 cm³/mol. The minimum absolute atomic E-state index is 0.0275. The minimum atomic E-state index is -4.43. The molecule has 0 fully saturated rings. The van der Waals surface area contributed by atoms with E-state index in [1.807, 2.05) is 12.1 Å². The molecule has 24 heavy (non-hydrogen) atoms. The summed E-state index contributed by atoms with van der Waals surface area (Å²) in [5.74, 6) is 0.0275. The normalized spacial score (nSPS) is 12.9. The zero-order valence-electron chi connectivity index (χ0n) is 12.6. The number of aromatic nitrogens is 1. The van der Waals surface area contributed by atoms with Crippen molar-refractivity contribution in [2.45, 2.75) is 18.8 Å². The molecule has 0 radical (unpaired) electrons. The number of hydrogen-bond acceptors (Lipinski definition) is 4. The van der Waals surface area contributed by atoms with E-state index in [2.05, 4.69) is 10.3 Å². The molecule has 2 rings (SSSR count). The summed E-state index contributed by atoms with van der Waals surface area (Å²) < 4.78 is 42.4. The summed E-state index contributed by atoms with van der Waals surface area (Å²) in [5, 5.41) is 13.5. The van der Waals surface area contributed by atoms with Crippen molar-refractivity contribution in [3.8, 4) is 5.88 Å². The molecule has 130 valence electrons. The number of benzene rings is 1. The van der Waals surface area contributed by atoms with Crippen LogP contribution < -0.4 is 10.1 Å². The Morgan fingerprint density at radius 1 is 1.17 bits per heavy atom. The van der Waals surface area contributed by atoms with E-state index in [1.54, 1.807) is 12.1 Å². The van der Waals surface area contributed by atoms with Crippen LogP contribution in [0.25, 0.3) is 0 Å². The van der Waals surface area contributed by atoms with Crippen LogP contribution in [0.4, 0.5) is 13.2 Å². The first-order chi connectivity index (χ1) is 11.3. The van der Waals surface area contributed by atoms with Crippen LogP contribution in [-0.2, 0) is 12.7 Å². The third-order valence-corrected chi connectivity index (χ3v) is 3.36. The maximum Gasteiger partial charge on any atom is 0.417 e. The second-order valence-electron chi connectivity index (χ2n) is 5.11. The van der Waals surface area contributed by atoms with Crippen molar-refractivity contribution < 1.29 is 23.0 Å². The zero-order valence-corrected chi connectivity index (χ0v) is 13.3. The van der Waals surface area contributed by atoms with Crippen molar-refractivity contribution in [2.24, 2.45) is 0 Å². The number of pyridine rings is 1. The highest BCUT2D eigenvalue weighted by Gasteiger charge is 2.30. The molecule has 1 atom stereocenters. The Morgan fingerprint density at radius 3 is 2.46 bits per heavy atom. The van der Waals surface area contributed by atoms with Crippen molar-refractivity contribution in [1.82, 2.24) is 10.3 Å².